The first-order valence-corrected chi connectivity index (χ1v) is 7.94. The molecule has 2 N–H and O–H groups in total. The lowest BCUT2D eigenvalue weighted by Crippen LogP contribution is -2.14. The zero-order valence-corrected chi connectivity index (χ0v) is 13.0. The minimum Gasteiger partial charge on any atom is -0.339 e. The van der Waals surface area contributed by atoms with Gasteiger partial charge >= 0.3 is 0 Å². The second kappa shape index (κ2) is 5.24. The van der Waals surface area contributed by atoms with Gasteiger partial charge in [0.15, 0.2) is 0 Å². The van der Waals surface area contributed by atoms with Crippen molar-refractivity contribution < 1.29 is 0 Å². The summed E-state index contributed by atoms with van der Waals surface area (Å²) in [6.45, 7) is 1.07. The Morgan fingerprint density at radius 1 is 1.19 bits per heavy atom. The number of aromatic nitrogens is 3. The van der Waals surface area contributed by atoms with Gasteiger partial charge in [-0.05, 0) is 43.7 Å². The molecule has 106 valence electrons. The molecule has 4 nitrogen and oxygen atoms in total. The molecule has 3 aromatic rings. The summed E-state index contributed by atoms with van der Waals surface area (Å²) in [6, 6.07) is 10.6. The molecule has 1 aromatic carbocycles. The van der Waals surface area contributed by atoms with Crippen LogP contribution in [0.2, 0.25) is 0 Å². The highest BCUT2D eigenvalue weighted by Gasteiger charge is 2.19. The Balaban J connectivity index is 1.71. The van der Waals surface area contributed by atoms with Gasteiger partial charge in [-0.25, -0.2) is 9.97 Å². The highest BCUT2D eigenvalue weighted by atomic mass is 79.9. The molecule has 5 heteroatoms. The van der Waals surface area contributed by atoms with Gasteiger partial charge in [0.1, 0.15) is 5.82 Å². The second-order valence-electron chi connectivity index (χ2n) is 5.36. The molecule has 1 aliphatic heterocycles. The van der Waals surface area contributed by atoms with E-state index in [1.54, 1.807) is 0 Å². The van der Waals surface area contributed by atoms with Crippen LogP contribution < -0.4 is 5.32 Å². The summed E-state index contributed by atoms with van der Waals surface area (Å²) < 4.78 is 1.07. The van der Waals surface area contributed by atoms with E-state index in [1.807, 2.05) is 24.4 Å². The summed E-state index contributed by atoms with van der Waals surface area (Å²) >= 11 is 3.49. The molecule has 21 heavy (non-hydrogen) atoms. The summed E-state index contributed by atoms with van der Waals surface area (Å²) in [5, 5.41) is 4.58. The number of hydrogen-bond acceptors (Lipinski definition) is 3. The maximum Gasteiger partial charge on any atom is 0.123 e. The summed E-state index contributed by atoms with van der Waals surface area (Å²) in [4.78, 5) is 12.6. The van der Waals surface area contributed by atoms with E-state index in [0.717, 1.165) is 45.6 Å². The topological polar surface area (TPSA) is 53.6 Å². The highest BCUT2D eigenvalue weighted by Crippen LogP contribution is 2.25. The molecule has 2 aromatic heterocycles. The first kappa shape index (κ1) is 13.0. The van der Waals surface area contributed by atoms with E-state index in [2.05, 4.69) is 43.3 Å². The zero-order valence-electron chi connectivity index (χ0n) is 11.4. The standard InChI is InChI=1S/C16H15BrN4/c17-11-4-6-12-10(8-11)3-5-13(20-12)15-9-19-16(21-15)14-2-1-7-18-14/h3-6,8-9,14,18H,1-2,7H2,(H,19,21)/t14-/m0/s1. The first-order valence-electron chi connectivity index (χ1n) is 7.14. The quantitative estimate of drug-likeness (QED) is 0.744. The van der Waals surface area contributed by atoms with Gasteiger partial charge in [-0.3, -0.25) is 0 Å². The van der Waals surface area contributed by atoms with Gasteiger partial charge in [0, 0.05) is 9.86 Å². The summed E-state index contributed by atoms with van der Waals surface area (Å²) in [5.74, 6) is 1.01. The first-order chi connectivity index (χ1) is 10.3. The van der Waals surface area contributed by atoms with Crippen molar-refractivity contribution >= 4 is 26.8 Å². The molecule has 1 atom stereocenters. The summed E-state index contributed by atoms with van der Waals surface area (Å²) in [5.41, 5.74) is 2.90. The maximum absolute atomic E-state index is 4.71. The lowest BCUT2D eigenvalue weighted by molar-refractivity contribution is 0.613. The predicted octanol–water partition coefficient (Wildman–Crippen LogP) is 3.81. The average Bonchev–Trinajstić information content (AvgIpc) is 3.17. The van der Waals surface area contributed by atoms with Crippen LogP contribution >= 0.6 is 15.9 Å². The van der Waals surface area contributed by atoms with E-state index in [-0.39, 0.29) is 0 Å². The maximum atomic E-state index is 4.71. The third-order valence-corrected chi connectivity index (χ3v) is 4.41. The fraction of sp³-hybridized carbons (Fsp3) is 0.250. The smallest absolute Gasteiger partial charge is 0.123 e. The molecule has 0 amide bonds. The van der Waals surface area contributed by atoms with Gasteiger partial charge in [0.05, 0.1) is 29.1 Å². The number of aromatic amines is 1. The van der Waals surface area contributed by atoms with Crippen molar-refractivity contribution in [3.8, 4) is 11.4 Å². The number of nitrogens with zero attached hydrogens (tertiary/aromatic N) is 2. The van der Waals surface area contributed by atoms with Gasteiger partial charge in [0.25, 0.3) is 0 Å². The number of fused-ring (bicyclic) bond motifs is 1. The Labute approximate surface area is 131 Å². The summed E-state index contributed by atoms with van der Waals surface area (Å²) in [7, 11) is 0. The van der Waals surface area contributed by atoms with E-state index in [4.69, 9.17) is 4.98 Å². The predicted molar refractivity (Wildman–Crippen MR) is 87.0 cm³/mol. The number of rotatable bonds is 2. The van der Waals surface area contributed by atoms with Gasteiger partial charge in [0.2, 0.25) is 0 Å². The molecule has 0 bridgehead atoms. The largest absolute Gasteiger partial charge is 0.339 e. The molecule has 0 saturated carbocycles. The Kier molecular flexibility index (Phi) is 3.24. The number of H-pyrrole nitrogens is 1. The van der Waals surface area contributed by atoms with Gasteiger partial charge < -0.3 is 10.3 Å². The van der Waals surface area contributed by atoms with Crippen LogP contribution in [0.5, 0.6) is 0 Å². The van der Waals surface area contributed by atoms with Crippen LogP contribution in [0.15, 0.2) is 41.0 Å². The van der Waals surface area contributed by atoms with Gasteiger partial charge in [-0.15, -0.1) is 0 Å². The number of hydrogen-bond donors (Lipinski definition) is 2. The molecule has 1 aliphatic rings. The number of nitrogens with one attached hydrogen (secondary N) is 2. The minimum absolute atomic E-state index is 0.357. The lowest BCUT2D eigenvalue weighted by atomic mass is 10.2. The van der Waals surface area contributed by atoms with E-state index in [9.17, 15) is 0 Å². The third-order valence-electron chi connectivity index (χ3n) is 3.91. The van der Waals surface area contributed by atoms with Gasteiger partial charge in [-0.2, -0.15) is 0 Å². The van der Waals surface area contributed by atoms with Crippen molar-refractivity contribution in [3.63, 3.8) is 0 Å². The van der Waals surface area contributed by atoms with Crippen molar-refractivity contribution in [2.24, 2.45) is 0 Å². The fourth-order valence-electron chi connectivity index (χ4n) is 2.81. The SMILES string of the molecule is Brc1ccc2nc(-c3cnc([C@@H]4CCCN4)[nH]3)ccc2c1. The highest BCUT2D eigenvalue weighted by molar-refractivity contribution is 9.10. The van der Waals surface area contributed by atoms with Crippen molar-refractivity contribution in [1.29, 1.82) is 0 Å². The van der Waals surface area contributed by atoms with Crippen LogP contribution in [0.3, 0.4) is 0 Å². The van der Waals surface area contributed by atoms with Crippen LogP contribution in [0.25, 0.3) is 22.3 Å². The van der Waals surface area contributed by atoms with E-state index in [1.165, 1.54) is 6.42 Å². The van der Waals surface area contributed by atoms with Crippen molar-refractivity contribution in [3.05, 3.63) is 46.8 Å². The molecule has 0 spiro atoms. The molecule has 0 aliphatic carbocycles. The number of pyridine rings is 1. The Morgan fingerprint density at radius 2 is 2.14 bits per heavy atom. The molecule has 0 unspecified atom stereocenters. The molecule has 4 rings (SSSR count). The Morgan fingerprint density at radius 3 is 3.00 bits per heavy atom. The number of benzene rings is 1. The average molecular weight is 343 g/mol. The second-order valence-corrected chi connectivity index (χ2v) is 6.28. The van der Waals surface area contributed by atoms with E-state index in [0.29, 0.717) is 6.04 Å². The van der Waals surface area contributed by atoms with Crippen LogP contribution in [0.4, 0.5) is 0 Å². The van der Waals surface area contributed by atoms with Crippen LogP contribution in [0, 0.1) is 0 Å². The molecule has 1 fully saturated rings. The zero-order chi connectivity index (χ0) is 14.2. The molecule has 0 radical (unpaired) electrons. The van der Waals surface area contributed by atoms with Gasteiger partial charge in [-0.1, -0.05) is 22.0 Å². The van der Waals surface area contributed by atoms with Crippen LogP contribution in [-0.2, 0) is 0 Å². The van der Waals surface area contributed by atoms with Crippen molar-refractivity contribution in [2.45, 2.75) is 18.9 Å². The summed E-state index contributed by atoms with van der Waals surface area (Å²) in [6.07, 6.45) is 4.23. The fourth-order valence-corrected chi connectivity index (χ4v) is 3.19. The number of halogens is 1. The minimum atomic E-state index is 0.357. The molecular formula is C16H15BrN4. The Bertz CT molecular complexity index is 790. The Hall–Kier alpha value is -1.72. The van der Waals surface area contributed by atoms with Crippen LogP contribution in [-0.4, -0.2) is 21.5 Å². The monoisotopic (exact) mass is 342 g/mol. The van der Waals surface area contributed by atoms with Crippen molar-refractivity contribution in [1.82, 2.24) is 20.3 Å². The van der Waals surface area contributed by atoms with Crippen molar-refractivity contribution in [2.75, 3.05) is 6.54 Å². The van der Waals surface area contributed by atoms with E-state index >= 15 is 0 Å². The van der Waals surface area contributed by atoms with Crippen LogP contribution in [0.1, 0.15) is 24.7 Å². The molecular weight excluding hydrogens is 328 g/mol. The molecule has 3 heterocycles. The molecule has 1 saturated heterocycles. The lowest BCUT2D eigenvalue weighted by Gasteiger charge is -2.05. The number of imidazole rings is 1. The normalized spacial score (nSPS) is 18.4. The third kappa shape index (κ3) is 2.47. The van der Waals surface area contributed by atoms with E-state index < -0.39 is 0 Å².